The molecule has 35 heavy (non-hydrogen) atoms. The highest BCUT2D eigenvalue weighted by Crippen LogP contribution is 2.31. The van der Waals surface area contributed by atoms with Gasteiger partial charge in [0.25, 0.3) is 0 Å². The number of hydrogen-bond acceptors (Lipinski definition) is 5. The number of hydrogen-bond donors (Lipinski definition) is 1. The van der Waals surface area contributed by atoms with E-state index in [0.717, 1.165) is 51.6 Å². The Hall–Kier alpha value is -2.64. The van der Waals surface area contributed by atoms with Gasteiger partial charge in [0.1, 0.15) is 22.9 Å². The van der Waals surface area contributed by atoms with Crippen molar-refractivity contribution in [2.75, 3.05) is 19.7 Å². The number of rotatable bonds is 10. The van der Waals surface area contributed by atoms with E-state index in [1.54, 1.807) is 36.4 Å². The van der Waals surface area contributed by atoms with Crippen molar-refractivity contribution >= 4 is 6.09 Å². The molecule has 0 aliphatic carbocycles. The monoisotopic (exact) mass is 487 g/mol. The first-order valence-electron chi connectivity index (χ1n) is 12.5. The Kier molecular flexibility index (Phi) is 9.93. The third kappa shape index (κ3) is 9.15. The second-order valence-electron chi connectivity index (χ2n) is 10.1. The molecular formula is C28H38FNO5. The molecule has 1 amide bonds. The minimum Gasteiger partial charge on any atom is -0.457 e. The fourth-order valence-corrected chi connectivity index (χ4v) is 4.22. The molecular weight excluding hydrogens is 449 g/mol. The lowest BCUT2D eigenvalue weighted by molar-refractivity contribution is -0.104. The number of carbonyl (C=O) groups is 1. The highest BCUT2D eigenvalue weighted by atomic mass is 19.1. The van der Waals surface area contributed by atoms with Gasteiger partial charge in [0.2, 0.25) is 0 Å². The van der Waals surface area contributed by atoms with Crippen molar-refractivity contribution in [1.29, 1.82) is 0 Å². The molecule has 7 heteroatoms. The number of unbranched alkanes of at least 4 members (excludes halogenated alkanes) is 2. The molecule has 2 unspecified atom stereocenters. The molecule has 1 heterocycles. The summed E-state index contributed by atoms with van der Waals surface area (Å²) in [7, 11) is 0. The number of piperidine rings is 1. The van der Waals surface area contributed by atoms with E-state index in [1.807, 2.05) is 25.7 Å². The molecule has 1 fully saturated rings. The molecule has 3 rings (SSSR count). The molecule has 2 aromatic rings. The number of aliphatic hydroxyl groups excluding tert-OH is 1. The van der Waals surface area contributed by atoms with E-state index in [1.165, 1.54) is 12.1 Å². The molecule has 0 bridgehead atoms. The molecule has 1 N–H and O–H groups in total. The van der Waals surface area contributed by atoms with E-state index in [-0.39, 0.29) is 11.9 Å². The minimum atomic E-state index is -1.12. The topological polar surface area (TPSA) is 68.2 Å². The van der Waals surface area contributed by atoms with Gasteiger partial charge in [-0.25, -0.2) is 9.18 Å². The molecule has 6 nitrogen and oxygen atoms in total. The fraction of sp³-hybridized carbons (Fsp3) is 0.536. The molecule has 192 valence electrons. The van der Waals surface area contributed by atoms with Gasteiger partial charge in [-0.15, -0.1) is 0 Å². The zero-order valence-electron chi connectivity index (χ0n) is 21.0. The van der Waals surface area contributed by atoms with Crippen LogP contribution < -0.4 is 4.74 Å². The highest BCUT2D eigenvalue weighted by Gasteiger charge is 2.27. The SMILES string of the molecule is CC(C)(C)OC(=O)N1CCCC(CCCCCOC(O)c2ccccc2Oc2cccc(F)c2)C1. The van der Waals surface area contributed by atoms with Crippen LogP contribution in [0.3, 0.4) is 0 Å². The van der Waals surface area contributed by atoms with E-state index in [0.29, 0.717) is 29.6 Å². The first kappa shape index (κ1) is 27.0. The van der Waals surface area contributed by atoms with Gasteiger partial charge in [0.15, 0.2) is 6.29 Å². The second kappa shape index (κ2) is 12.9. The predicted octanol–water partition coefficient (Wildman–Crippen LogP) is 6.83. The Morgan fingerprint density at radius 2 is 1.94 bits per heavy atom. The molecule has 0 radical (unpaired) electrons. The summed E-state index contributed by atoms with van der Waals surface area (Å²) in [6.07, 6.45) is 4.72. The van der Waals surface area contributed by atoms with Gasteiger partial charge in [0.05, 0.1) is 12.2 Å². The molecule has 2 atom stereocenters. The number of para-hydroxylation sites is 1. The number of aliphatic hydroxyl groups is 1. The Morgan fingerprint density at radius 3 is 2.71 bits per heavy atom. The van der Waals surface area contributed by atoms with Crippen LogP contribution in [-0.2, 0) is 9.47 Å². The maximum atomic E-state index is 13.5. The standard InChI is InChI=1S/C28H38FNO5/c1-28(2,3)35-27(32)30-17-10-12-21(20-30)11-5-4-8-18-33-26(31)24-15-6-7-16-25(24)34-23-14-9-13-22(29)19-23/h6-7,9,13-16,19,21,26,31H,4-5,8,10-12,17-18,20H2,1-3H3. The number of carbonyl (C=O) groups excluding carboxylic acids is 1. The number of benzene rings is 2. The van der Waals surface area contributed by atoms with Gasteiger partial charge < -0.3 is 24.2 Å². The molecule has 0 saturated carbocycles. The Bertz CT molecular complexity index is 945. The van der Waals surface area contributed by atoms with Crippen LogP contribution in [0.2, 0.25) is 0 Å². The summed E-state index contributed by atoms with van der Waals surface area (Å²) < 4.78 is 30.4. The third-order valence-electron chi connectivity index (χ3n) is 5.91. The molecule has 2 aromatic carbocycles. The van der Waals surface area contributed by atoms with Gasteiger partial charge >= 0.3 is 6.09 Å². The van der Waals surface area contributed by atoms with Crippen molar-refractivity contribution in [3.8, 4) is 11.5 Å². The van der Waals surface area contributed by atoms with E-state index >= 15 is 0 Å². The van der Waals surface area contributed by atoms with Crippen LogP contribution in [0.1, 0.15) is 71.1 Å². The Labute approximate surface area is 208 Å². The van der Waals surface area contributed by atoms with E-state index in [4.69, 9.17) is 14.2 Å². The summed E-state index contributed by atoms with van der Waals surface area (Å²) in [6.45, 7) is 7.61. The van der Waals surface area contributed by atoms with Crippen molar-refractivity contribution in [1.82, 2.24) is 4.90 Å². The fourth-order valence-electron chi connectivity index (χ4n) is 4.22. The predicted molar refractivity (Wildman–Crippen MR) is 133 cm³/mol. The summed E-state index contributed by atoms with van der Waals surface area (Å²) in [4.78, 5) is 14.2. The first-order chi connectivity index (χ1) is 16.7. The van der Waals surface area contributed by atoms with Crippen molar-refractivity contribution in [3.05, 3.63) is 59.9 Å². The van der Waals surface area contributed by atoms with Gasteiger partial charge in [0, 0.05) is 19.2 Å². The Balaban J connectivity index is 1.37. The van der Waals surface area contributed by atoms with Crippen molar-refractivity contribution < 1.29 is 28.5 Å². The van der Waals surface area contributed by atoms with Gasteiger partial charge in [-0.3, -0.25) is 0 Å². The first-order valence-corrected chi connectivity index (χ1v) is 12.5. The summed E-state index contributed by atoms with van der Waals surface area (Å²) in [6, 6.07) is 12.9. The quantitative estimate of drug-likeness (QED) is 0.294. The van der Waals surface area contributed by atoms with Crippen LogP contribution >= 0.6 is 0 Å². The lowest BCUT2D eigenvalue weighted by Gasteiger charge is -2.34. The lowest BCUT2D eigenvalue weighted by Crippen LogP contribution is -2.42. The summed E-state index contributed by atoms with van der Waals surface area (Å²) in [5.41, 5.74) is 0.0296. The average molecular weight is 488 g/mol. The zero-order chi connectivity index (χ0) is 25.3. The number of nitrogens with zero attached hydrogens (tertiary/aromatic N) is 1. The smallest absolute Gasteiger partial charge is 0.410 e. The molecule has 1 aliphatic heterocycles. The van der Waals surface area contributed by atoms with E-state index in [2.05, 4.69) is 0 Å². The van der Waals surface area contributed by atoms with E-state index in [9.17, 15) is 14.3 Å². The van der Waals surface area contributed by atoms with Crippen molar-refractivity contribution in [2.45, 2.75) is 71.2 Å². The summed E-state index contributed by atoms with van der Waals surface area (Å²) in [5.74, 6) is 0.896. The zero-order valence-corrected chi connectivity index (χ0v) is 21.0. The average Bonchev–Trinajstić information content (AvgIpc) is 2.80. The van der Waals surface area contributed by atoms with Gasteiger partial charge in [-0.05, 0) is 70.6 Å². The van der Waals surface area contributed by atoms with Gasteiger partial charge in [-0.2, -0.15) is 0 Å². The number of halogens is 1. The molecule has 0 spiro atoms. The molecule has 0 aromatic heterocycles. The molecule has 1 saturated heterocycles. The van der Waals surface area contributed by atoms with Crippen molar-refractivity contribution in [2.24, 2.45) is 5.92 Å². The van der Waals surface area contributed by atoms with Crippen molar-refractivity contribution in [3.63, 3.8) is 0 Å². The number of ether oxygens (including phenoxy) is 3. The largest absolute Gasteiger partial charge is 0.457 e. The van der Waals surface area contributed by atoms with Crippen LogP contribution in [0.4, 0.5) is 9.18 Å². The van der Waals surface area contributed by atoms with Crippen LogP contribution in [0, 0.1) is 11.7 Å². The summed E-state index contributed by atoms with van der Waals surface area (Å²) in [5, 5.41) is 10.5. The van der Waals surface area contributed by atoms with Gasteiger partial charge in [-0.1, -0.05) is 37.1 Å². The van der Waals surface area contributed by atoms with Crippen LogP contribution in [0.15, 0.2) is 48.5 Å². The minimum absolute atomic E-state index is 0.216. The third-order valence-corrected chi connectivity index (χ3v) is 5.91. The second-order valence-corrected chi connectivity index (χ2v) is 10.1. The van der Waals surface area contributed by atoms with Crippen LogP contribution in [0.25, 0.3) is 0 Å². The number of likely N-dealkylation sites (tertiary alicyclic amines) is 1. The maximum Gasteiger partial charge on any atom is 0.410 e. The van der Waals surface area contributed by atoms with Crippen LogP contribution in [-0.4, -0.2) is 41.4 Å². The highest BCUT2D eigenvalue weighted by molar-refractivity contribution is 5.68. The normalized spacial score (nSPS) is 17.2. The maximum absolute atomic E-state index is 13.5. The Morgan fingerprint density at radius 1 is 1.14 bits per heavy atom. The van der Waals surface area contributed by atoms with E-state index < -0.39 is 11.9 Å². The van der Waals surface area contributed by atoms with Crippen LogP contribution in [0.5, 0.6) is 11.5 Å². The lowest BCUT2D eigenvalue weighted by atomic mass is 9.92. The summed E-state index contributed by atoms with van der Waals surface area (Å²) >= 11 is 0. The molecule has 1 aliphatic rings. The number of amides is 1.